The topological polar surface area (TPSA) is 250 Å². The Balaban J connectivity index is 3.01. The third kappa shape index (κ3) is 21.7. The normalized spacial score (nSPS) is 18.0. The number of amides is 5. The molecule has 20 heteroatoms. The van der Waals surface area contributed by atoms with E-state index in [9.17, 15) is 33.4 Å². The Hall–Kier alpha value is -2.74. The first-order valence-corrected chi connectivity index (χ1v) is 19.6. The Labute approximate surface area is 312 Å². The summed E-state index contributed by atoms with van der Waals surface area (Å²) in [6, 6.07) is -3.00. The maximum Gasteiger partial charge on any atom is 0.253 e. The van der Waals surface area contributed by atoms with Gasteiger partial charge in [-0.1, -0.05) is 13.8 Å². The van der Waals surface area contributed by atoms with E-state index in [0.717, 1.165) is 0 Å². The van der Waals surface area contributed by atoms with Crippen molar-refractivity contribution in [2.24, 2.45) is 5.92 Å². The van der Waals surface area contributed by atoms with Crippen LogP contribution in [0.3, 0.4) is 0 Å². The van der Waals surface area contributed by atoms with E-state index in [1.165, 1.54) is 28.1 Å². The molecule has 1 rings (SSSR count). The average molecular weight is 783 g/mol. The van der Waals surface area contributed by atoms with Crippen molar-refractivity contribution in [1.29, 1.82) is 0 Å². The van der Waals surface area contributed by atoms with Crippen LogP contribution in [0.2, 0.25) is 0 Å². The number of hydrogen-bond acceptors (Lipinski definition) is 14. The Bertz CT molecular complexity index is 1130. The molecule has 1 aliphatic rings. The Kier molecular flexibility index (Phi) is 26.1. The van der Waals surface area contributed by atoms with Crippen LogP contribution in [0.15, 0.2) is 0 Å². The summed E-state index contributed by atoms with van der Waals surface area (Å²) in [6.45, 7) is 5.95. The van der Waals surface area contributed by atoms with Crippen molar-refractivity contribution in [3.8, 4) is 0 Å². The molecule has 0 saturated heterocycles. The molecular weight excluding hydrogens is 721 g/mol. The number of rotatable bonds is 30. The van der Waals surface area contributed by atoms with E-state index in [4.69, 9.17) is 32.9 Å². The van der Waals surface area contributed by atoms with Gasteiger partial charge in [0.25, 0.3) is 11.8 Å². The molecule has 1 fully saturated rings. The van der Waals surface area contributed by atoms with Gasteiger partial charge in [0, 0.05) is 59.0 Å². The van der Waals surface area contributed by atoms with Crippen molar-refractivity contribution in [3.05, 3.63) is 0 Å². The number of methoxy groups -OCH3 is 3. The molecule has 5 amide bonds. The summed E-state index contributed by atoms with van der Waals surface area (Å²) in [5, 5.41) is 13.0. The molecule has 19 nitrogen and oxygen atoms in total. The molecule has 0 aromatic rings. The van der Waals surface area contributed by atoms with Gasteiger partial charge in [0.1, 0.15) is 13.6 Å². The van der Waals surface area contributed by atoms with Crippen LogP contribution in [0.25, 0.3) is 0 Å². The third-order valence-corrected chi connectivity index (χ3v) is 9.89. The molecule has 0 bridgehead atoms. The van der Waals surface area contributed by atoms with Crippen LogP contribution in [-0.4, -0.2) is 154 Å². The SMILES string of the molecule is COCCOCCNC(=O)CCC(NC(=O)C(NC(=O)C1CCC(OP(=O)([O-])C(C)C)CC1)C(=O)NCCOCCOC)C(=O)NCCOCCOC. The highest BCUT2D eigenvalue weighted by molar-refractivity contribution is 7.52. The molecule has 0 heterocycles. The van der Waals surface area contributed by atoms with E-state index in [1.54, 1.807) is 7.11 Å². The molecule has 1 saturated carbocycles. The molecule has 53 heavy (non-hydrogen) atoms. The monoisotopic (exact) mass is 782 g/mol. The highest BCUT2D eigenvalue weighted by Crippen LogP contribution is 2.46. The summed E-state index contributed by atoms with van der Waals surface area (Å²) in [5.74, 6) is -4.06. The van der Waals surface area contributed by atoms with Crippen LogP contribution in [0.1, 0.15) is 52.4 Å². The lowest BCUT2D eigenvalue weighted by atomic mass is 9.86. The van der Waals surface area contributed by atoms with Crippen LogP contribution < -0.4 is 31.5 Å². The fraction of sp³-hybridized carbons (Fsp3) is 0.848. The average Bonchev–Trinajstić information content (AvgIpc) is 3.13. The minimum atomic E-state index is -4.06. The Morgan fingerprint density at radius 3 is 1.64 bits per heavy atom. The maximum absolute atomic E-state index is 13.7. The van der Waals surface area contributed by atoms with Gasteiger partial charge in [0.15, 0.2) is 6.04 Å². The molecule has 0 spiro atoms. The third-order valence-electron chi connectivity index (χ3n) is 8.03. The van der Waals surface area contributed by atoms with Gasteiger partial charge in [-0.25, -0.2) is 0 Å². The Morgan fingerprint density at radius 1 is 0.660 bits per heavy atom. The molecule has 0 aromatic carbocycles. The van der Waals surface area contributed by atoms with Gasteiger partial charge in [-0.05, 0) is 32.1 Å². The highest BCUT2D eigenvalue weighted by Gasteiger charge is 2.35. The smallest absolute Gasteiger partial charge is 0.253 e. The second kappa shape index (κ2) is 28.7. The molecular formula is C33H61N5O14P-. The minimum Gasteiger partial charge on any atom is -0.778 e. The van der Waals surface area contributed by atoms with E-state index in [1.807, 2.05) is 0 Å². The van der Waals surface area contributed by atoms with Crippen LogP contribution in [0.5, 0.6) is 0 Å². The summed E-state index contributed by atoms with van der Waals surface area (Å²) in [7, 11) is 0.529. The zero-order chi connectivity index (χ0) is 39.5. The number of ether oxygens (including phenoxy) is 6. The van der Waals surface area contributed by atoms with Gasteiger partial charge in [-0.3, -0.25) is 24.0 Å². The van der Waals surface area contributed by atoms with Crippen LogP contribution in [0, 0.1) is 5.92 Å². The predicted molar refractivity (Wildman–Crippen MR) is 190 cm³/mol. The van der Waals surface area contributed by atoms with Gasteiger partial charge < -0.3 is 69.0 Å². The molecule has 3 unspecified atom stereocenters. The standard InChI is InChI=1S/C33H62N5O14P/c1-24(2)53(44,45)52-26-8-6-25(7-9-26)30(40)38-29(32(42)36-14-17-51-23-20-48-5)33(43)37-27(31(41)35-13-16-50-22-19-47-4)10-11-28(39)34-12-15-49-21-18-46-3/h24-27,29H,6-23H2,1-5H3,(H,34,39)(H,35,41)(H,36,42)(H,37,43)(H,38,40)(H,44,45)/p-1. The zero-order valence-corrected chi connectivity index (χ0v) is 32.7. The first-order chi connectivity index (χ1) is 25.4. The summed E-state index contributed by atoms with van der Waals surface area (Å²) >= 11 is 0. The number of carbonyl (C=O) groups excluding carboxylic acids is 5. The lowest BCUT2D eigenvalue weighted by Crippen LogP contribution is -2.60. The van der Waals surface area contributed by atoms with Crippen molar-refractivity contribution < 1.29 is 66.4 Å². The van der Waals surface area contributed by atoms with Gasteiger partial charge in [-0.15, -0.1) is 0 Å². The second-order valence-electron chi connectivity index (χ2n) is 12.5. The molecule has 3 atom stereocenters. The fourth-order valence-corrected chi connectivity index (χ4v) is 5.74. The quantitative estimate of drug-likeness (QED) is 0.0320. The first kappa shape index (κ1) is 48.3. The van der Waals surface area contributed by atoms with E-state index >= 15 is 0 Å². The van der Waals surface area contributed by atoms with E-state index in [0.29, 0.717) is 33.0 Å². The first-order valence-electron chi connectivity index (χ1n) is 18.0. The molecule has 0 aromatic heterocycles. The fourth-order valence-electron chi connectivity index (χ4n) is 4.87. The van der Waals surface area contributed by atoms with E-state index < -0.39 is 66.9 Å². The molecule has 0 aliphatic heterocycles. The largest absolute Gasteiger partial charge is 0.778 e. The second-order valence-corrected chi connectivity index (χ2v) is 14.8. The van der Waals surface area contributed by atoms with Crippen molar-refractivity contribution in [2.45, 2.75) is 76.2 Å². The van der Waals surface area contributed by atoms with E-state index in [-0.39, 0.29) is 84.6 Å². The molecule has 308 valence electrons. The lowest BCUT2D eigenvalue weighted by molar-refractivity contribution is -0.205. The molecule has 5 N–H and O–H groups in total. The minimum absolute atomic E-state index is 0.0120. The van der Waals surface area contributed by atoms with Crippen LogP contribution in [0.4, 0.5) is 0 Å². The van der Waals surface area contributed by atoms with Gasteiger partial charge in [0.2, 0.25) is 17.7 Å². The zero-order valence-electron chi connectivity index (χ0n) is 31.8. The van der Waals surface area contributed by atoms with Crippen molar-refractivity contribution in [1.82, 2.24) is 26.6 Å². The van der Waals surface area contributed by atoms with Gasteiger partial charge in [-0.2, -0.15) is 0 Å². The summed E-state index contributed by atoms with van der Waals surface area (Å²) < 4.78 is 48.4. The van der Waals surface area contributed by atoms with Crippen molar-refractivity contribution >= 4 is 37.1 Å². The van der Waals surface area contributed by atoms with Crippen LogP contribution >= 0.6 is 7.60 Å². The summed E-state index contributed by atoms with van der Waals surface area (Å²) in [6.07, 6.45) is 0.258. The summed E-state index contributed by atoms with van der Waals surface area (Å²) in [5.41, 5.74) is -0.688. The van der Waals surface area contributed by atoms with E-state index in [2.05, 4.69) is 26.6 Å². The number of hydrogen-bond donors (Lipinski definition) is 5. The Morgan fingerprint density at radius 2 is 1.15 bits per heavy atom. The van der Waals surface area contributed by atoms with Crippen molar-refractivity contribution in [2.75, 3.05) is 100 Å². The van der Waals surface area contributed by atoms with Crippen molar-refractivity contribution in [3.63, 3.8) is 0 Å². The number of carbonyl (C=O) groups is 5. The highest BCUT2D eigenvalue weighted by atomic mass is 31.2. The van der Waals surface area contributed by atoms with Gasteiger partial charge in [0.05, 0.1) is 65.6 Å². The number of nitrogens with one attached hydrogen (secondary N) is 5. The lowest BCUT2D eigenvalue weighted by Gasteiger charge is -2.35. The molecule has 1 aliphatic carbocycles. The van der Waals surface area contributed by atoms with Gasteiger partial charge >= 0.3 is 0 Å². The summed E-state index contributed by atoms with van der Waals surface area (Å²) in [4.78, 5) is 78.5. The predicted octanol–water partition coefficient (Wildman–Crippen LogP) is -1.39. The molecule has 0 radical (unpaired) electrons. The van der Waals surface area contributed by atoms with Crippen LogP contribution in [-0.2, 0) is 61.5 Å². The maximum atomic E-state index is 13.7.